The Morgan fingerprint density at radius 1 is 0.833 bits per heavy atom. The molecule has 0 saturated carbocycles. The molecular weight excluding hydrogens is 384 g/mol. The standard InChI is InChI=1S/C24H34O6/c1-8-10-14-28-16-11-12-17-18(15-16)19(29-13-9-2)21(26-6)22(27-7)20(17)30-23(25)24(3,4)5/h11-12,15H,8-10,13-14H2,1-7H3. The predicted octanol–water partition coefficient (Wildman–Crippen LogP) is 5.78. The summed E-state index contributed by atoms with van der Waals surface area (Å²) in [5.41, 5.74) is -0.675. The second-order valence-corrected chi connectivity index (χ2v) is 8.12. The van der Waals surface area contributed by atoms with Gasteiger partial charge in [0.15, 0.2) is 11.5 Å². The molecule has 2 aromatic rings. The molecule has 0 aliphatic carbocycles. The molecule has 0 spiro atoms. The highest BCUT2D eigenvalue weighted by molar-refractivity contribution is 6.01. The Kier molecular flexibility index (Phi) is 8.21. The molecule has 2 aromatic carbocycles. The number of unbranched alkanes of at least 4 members (excludes halogenated alkanes) is 1. The van der Waals surface area contributed by atoms with E-state index in [1.807, 2.05) is 25.1 Å². The third-order valence-electron chi connectivity index (χ3n) is 4.53. The van der Waals surface area contributed by atoms with E-state index in [4.69, 9.17) is 23.7 Å². The first kappa shape index (κ1) is 23.6. The Balaban J connectivity index is 2.72. The van der Waals surface area contributed by atoms with Crippen LogP contribution in [-0.4, -0.2) is 33.4 Å². The summed E-state index contributed by atoms with van der Waals surface area (Å²) >= 11 is 0. The van der Waals surface area contributed by atoms with E-state index in [9.17, 15) is 4.79 Å². The minimum absolute atomic E-state index is 0.313. The first-order valence-corrected chi connectivity index (χ1v) is 10.5. The van der Waals surface area contributed by atoms with Crippen LogP contribution in [0, 0.1) is 5.41 Å². The molecule has 166 valence electrons. The molecular formula is C24H34O6. The second kappa shape index (κ2) is 10.4. The van der Waals surface area contributed by atoms with Gasteiger partial charge in [0.1, 0.15) is 5.75 Å². The van der Waals surface area contributed by atoms with Crippen molar-refractivity contribution < 1.29 is 28.5 Å². The zero-order chi connectivity index (χ0) is 22.3. The minimum Gasteiger partial charge on any atom is -0.494 e. The molecule has 0 aliphatic heterocycles. The third kappa shape index (κ3) is 5.29. The Morgan fingerprint density at radius 3 is 2.07 bits per heavy atom. The smallest absolute Gasteiger partial charge is 0.316 e. The van der Waals surface area contributed by atoms with E-state index in [1.54, 1.807) is 27.9 Å². The van der Waals surface area contributed by atoms with E-state index in [0.717, 1.165) is 30.4 Å². The summed E-state index contributed by atoms with van der Waals surface area (Å²) in [7, 11) is 3.06. The quantitative estimate of drug-likeness (QED) is 0.277. The summed E-state index contributed by atoms with van der Waals surface area (Å²) in [5.74, 6) is 1.93. The van der Waals surface area contributed by atoms with Gasteiger partial charge in [-0.15, -0.1) is 0 Å². The van der Waals surface area contributed by atoms with Crippen LogP contribution in [0.15, 0.2) is 18.2 Å². The molecule has 0 aromatic heterocycles. The molecule has 0 amide bonds. The van der Waals surface area contributed by atoms with Crippen molar-refractivity contribution in [3.63, 3.8) is 0 Å². The van der Waals surface area contributed by atoms with Crippen LogP contribution in [0.2, 0.25) is 0 Å². The van der Waals surface area contributed by atoms with Crippen LogP contribution in [0.1, 0.15) is 53.9 Å². The van der Waals surface area contributed by atoms with Crippen molar-refractivity contribution in [3.8, 4) is 28.7 Å². The Hall–Kier alpha value is -2.63. The van der Waals surface area contributed by atoms with Gasteiger partial charge in [0.2, 0.25) is 11.5 Å². The van der Waals surface area contributed by atoms with Crippen LogP contribution in [0.4, 0.5) is 0 Å². The van der Waals surface area contributed by atoms with Crippen LogP contribution in [0.25, 0.3) is 10.8 Å². The molecule has 0 aliphatic rings. The molecule has 30 heavy (non-hydrogen) atoms. The van der Waals surface area contributed by atoms with E-state index >= 15 is 0 Å². The Bertz CT molecular complexity index is 866. The number of benzene rings is 2. The van der Waals surface area contributed by atoms with Crippen molar-refractivity contribution in [1.82, 2.24) is 0 Å². The monoisotopic (exact) mass is 418 g/mol. The number of esters is 1. The van der Waals surface area contributed by atoms with E-state index in [2.05, 4.69) is 6.92 Å². The van der Waals surface area contributed by atoms with Gasteiger partial charge in [-0.25, -0.2) is 0 Å². The molecule has 0 fully saturated rings. The number of carbonyl (C=O) groups excluding carboxylic acids is 1. The normalized spacial score (nSPS) is 11.3. The SMILES string of the molecule is CCCCOc1ccc2c(OC(=O)C(C)(C)C)c(OC)c(OC)c(OCCC)c2c1. The van der Waals surface area contributed by atoms with Crippen LogP contribution in [0.3, 0.4) is 0 Å². The molecule has 0 bridgehead atoms. The first-order valence-electron chi connectivity index (χ1n) is 10.5. The largest absolute Gasteiger partial charge is 0.494 e. The van der Waals surface area contributed by atoms with Crippen molar-refractivity contribution in [2.45, 2.75) is 53.9 Å². The molecule has 0 radical (unpaired) electrons. The third-order valence-corrected chi connectivity index (χ3v) is 4.53. The minimum atomic E-state index is -0.675. The summed E-state index contributed by atoms with van der Waals surface area (Å²) in [6.45, 7) is 10.7. The lowest BCUT2D eigenvalue weighted by atomic mass is 9.97. The Morgan fingerprint density at radius 2 is 1.50 bits per heavy atom. The van der Waals surface area contributed by atoms with E-state index in [-0.39, 0.29) is 5.97 Å². The second-order valence-electron chi connectivity index (χ2n) is 8.12. The molecule has 0 unspecified atom stereocenters. The van der Waals surface area contributed by atoms with Crippen molar-refractivity contribution in [2.24, 2.45) is 5.41 Å². The van der Waals surface area contributed by atoms with Gasteiger partial charge < -0.3 is 23.7 Å². The number of hydrogen-bond donors (Lipinski definition) is 0. The van der Waals surface area contributed by atoms with E-state index < -0.39 is 5.41 Å². The van der Waals surface area contributed by atoms with E-state index in [0.29, 0.717) is 41.6 Å². The van der Waals surface area contributed by atoms with Gasteiger partial charge in [-0.05, 0) is 51.8 Å². The number of fused-ring (bicyclic) bond motifs is 1. The number of methoxy groups -OCH3 is 2. The molecule has 6 heteroatoms. The van der Waals surface area contributed by atoms with Gasteiger partial charge in [0.25, 0.3) is 0 Å². The average Bonchev–Trinajstić information content (AvgIpc) is 2.71. The van der Waals surface area contributed by atoms with Gasteiger partial charge in [0.05, 0.1) is 32.8 Å². The van der Waals surface area contributed by atoms with Crippen molar-refractivity contribution >= 4 is 16.7 Å². The van der Waals surface area contributed by atoms with Crippen molar-refractivity contribution in [1.29, 1.82) is 0 Å². The topological polar surface area (TPSA) is 63.2 Å². The van der Waals surface area contributed by atoms with Gasteiger partial charge >= 0.3 is 5.97 Å². The number of rotatable bonds is 10. The van der Waals surface area contributed by atoms with Crippen molar-refractivity contribution in [2.75, 3.05) is 27.4 Å². The van der Waals surface area contributed by atoms with Crippen LogP contribution in [0.5, 0.6) is 28.7 Å². The molecule has 0 saturated heterocycles. The maximum Gasteiger partial charge on any atom is 0.316 e. The average molecular weight is 419 g/mol. The highest BCUT2D eigenvalue weighted by atomic mass is 16.6. The van der Waals surface area contributed by atoms with E-state index in [1.165, 1.54) is 7.11 Å². The molecule has 0 heterocycles. The lowest BCUT2D eigenvalue weighted by Gasteiger charge is -2.22. The summed E-state index contributed by atoms with van der Waals surface area (Å²) in [5, 5.41) is 1.44. The van der Waals surface area contributed by atoms with Gasteiger partial charge in [-0.2, -0.15) is 0 Å². The number of ether oxygens (including phenoxy) is 5. The molecule has 0 atom stereocenters. The van der Waals surface area contributed by atoms with Crippen LogP contribution < -0.4 is 23.7 Å². The zero-order valence-corrected chi connectivity index (χ0v) is 19.2. The maximum atomic E-state index is 12.7. The number of hydrogen-bond acceptors (Lipinski definition) is 6. The van der Waals surface area contributed by atoms with Crippen molar-refractivity contribution in [3.05, 3.63) is 18.2 Å². The summed E-state index contributed by atoms with van der Waals surface area (Å²) < 4.78 is 29.0. The fourth-order valence-electron chi connectivity index (χ4n) is 2.85. The predicted molar refractivity (Wildman–Crippen MR) is 118 cm³/mol. The summed E-state index contributed by atoms with van der Waals surface area (Å²) in [4.78, 5) is 12.7. The summed E-state index contributed by atoms with van der Waals surface area (Å²) in [6.07, 6.45) is 2.86. The first-order chi connectivity index (χ1) is 14.3. The van der Waals surface area contributed by atoms with Crippen LogP contribution in [-0.2, 0) is 4.79 Å². The van der Waals surface area contributed by atoms with Gasteiger partial charge in [-0.1, -0.05) is 20.3 Å². The summed E-state index contributed by atoms with van der Waals surface area (Å²) in [6, 6.07) is 5.62. The Labute approximate surface area is 179 Å². The van der Waals surface area contributed by atoms with Gasteiger partial charge in [0, 0.05) is 10.8 Å². The highest BCUT2D eigenvalue weighted by Crippen LogP contribution is 2.52. The fraction of sp³-hybridized carbons (Fsp3) is 0.542. The fourth-order valence-corrected chi connectivity index (χ4v) is 2.85. The lowest BCUT2D eigenvalue weighted by Crippen LogP contribution is -2.26. The lowest BCUT2D eigenvalue weighted by molar-refractivity contribution is -0.143. The molecule has 0 N–H and O–H groups in total. The molecule has 2 rings (SSSR count). The highest BCUT2D eigenvalue weighted by Gasteiger charge is 2.30. The zero-order valence-electron chi connectivity index (χ0n) is 19.2. The number of carbonyl (C=O) groups is 1. The molecule has 6 nitrogen and oxygen atoms in total. The van der Waals surface area contributed by atoms with Crippen LogP contribution >= 0.6 is 0 Å². The maximum absolute atomic E-state index is 12.7. The van der Waals surface area contributed by atoms with Gasteiger partial charge in [-0.3, -0.25) is 4.79 Å².